The van der Waals surface area contributed by atoms with Gasteiger partial charge in [-0.3, -0.25) is 18.6 Å². The summed E-state index contributed by atoms with van der Waals surface area (Å²) in [6, 6.07) is 6.70. The van der Waals surface area contributed by atoms with Crippen molar-refractivity contribution in [2.75, 3.05) is 13.2 Å². The molecule has 11 nitrogen and oxygen atoms in total. The first-order valence-electron chi connectivity index (χ1n) is 10.4. The third-order valence-electron chi connectivity index (χ3n) is 4.54. The number of nitrogens with one attached hydrogen (secondary N) is 1. The number of halogens is 3. The van der Waals surface area contributed by atoms with Crippen LogP contribution in [-0.4, -0.2) is 75.0 Å². The molecule has 1 unspecified atom stereocenters. The van der Waals surface area contributed by atoms with E-state index in [0.29, 0.717) is 4.90 Å². The predicted octanol–water partition coefficient (Wildman–Crippen LogP) is 2.41. The first-order chi connectivity index (χ1) is 16.8. The van der Waals surface area contributed by atoms with Crippen molar-refractivity contribution in [2.24, 2.45) is 0 Å². The zero-order chi connectivity index (χ0) is 27.0. The molecule has 200 valence electrons. The second-order valence-electron chi connectivity index (χ2n) is 7.47. The third kappa shape index (κ3) is 9.40. The van der Waals surface area contributed by atoms with Gasteiger partial charge in [0, 0.05) is 25.7 Å². The number of hydrogen-bond acceptors (Lipinski definition) is 10. The Hall–Kier alpha value is -2.12. The topological polar surface area (TPSA) is 144 Å². The van der Waals surface area contributed by atoms with Crippen LogP contribution < -0.4 is 5.32 Å². The molecule has 1 N–H and O–H groups in total. The van der Waals surface area contributed by atoms with E-state index >= 15 is 0 Å². The molecule has 0 radical (unpaired) electrons. The molecule has 0 spiro atoms. The minimum absolute atomic E-state index is 0.308. The van der Waals surface area contributed by atoms with Crippen LogP contribution in [-0.2, 0) is 48.9 Å². The van der Waals surface area contributed by atoms with Crippen molar-refractivity contribution in [3.8, 4) is 0 Å². The van der Waals surface area contributed by atoms with Crippen molar-refractivity contribution in [3.63, 3.8) is 0 Å². The number of carbonyl (C=O) groups excluding carboxylic acids is 4. The van der Waals surface area contributed by atoms with E-state index in [0.717, 1.165) is 20.8 Å². The zero-order valence-corrected chi connectivity index (χ0v) is 22.4. The van der Waals surface area contributed by atoms with Gasteiger partial charge in [0.15, 0.2) is 17.6 Å². The van der Waals surface area contributed by atoms with Gasteiger partial charge in [0.2, 0.25) is 3.79 Å². The fourth-order valence-electron chi connectivity index (χ4n) is 3.25. The van der Waals surface area contributed by atoms with Gasteiger partial charge in [0.05, 0.1) is 10.8 Å². The number of carbonyl (C=O) groups is 4. The predicted molar refractivity (Wildman–Crippen MR) is 128 cm³/mol. The van der Waals surface area contributed by atoms with Crippen LogP contribution in [0.4, 0.5) is 4.79 Å². The highest BCUT2D eigenvalue weighted by atomic mass is 35.6. The molecule has 1 aromatic rings. The van der Waals surface area contributed by atoms with Crippen LogP contribution in [0, 0.1) is 0 Å². The minimum atomic E-state index is -1.98. The van der Waals surface area contributed by atoms with Crippen LogP contribution in [0.25, 0.3) is 0 Å². The van der Waals surface area contributed by atoms with Crippen molar-refractivity contribution < 1.29 is 47.1 Å². The molecule has 1 saturated heterocycles. The maximum Gasteiger partial charge on any atom is 0.407 e. The Morgan fingerprint density at radius 3 is 2.06 bits per heavy atom. The molecule has 0 bridgehead atoms. The molecule has 15 heteroatoms. The molecule has 2 rings (SSSR count). The van der Waals surface area contributed by atoms with E-state index in [9.17, 15) is 23.4 Å². The molecule has 0 aliphatic carbocycles. The lowest BCUT2D eigenvalue weighted by Gasteiger charge is -2.44. The maximum absolute atomic E-state index is 13.5. The lowest BCUT2D eigenvalue weighted by atomic mass is 9.97. The zero-order valence-electron chi connectivity index (χ0n) is 19.3. The van der Waals surface area contributed by atoms with Crippen LogP contribution in [0.3, 0.4) is 0 Å². The summed E-state index contributed by atoms with van der Waals surface area (Å²) in [4.78, 5) is 48.1. The molecule has 1 aromatic carbocycles. The smallest absolute Gasteiger partial charge is 0.407 e. The number of alkyl halides is 3. The van der Waals surface area contributed by atoms with E-state index in [1.807, 2.05) is 0 Å². The summed E-state index contributed by atoms with van der Waals surface area (Å²) >= 11 is 16.9. The normalized spacial score (nSPS) is 24.7. The van der Waals surface area contributed by atoms with Crippen LogP contribution in [0.5, 0.6) is 0 Å². The molecular weight excluding hydrogens is 565 g/mol. The van der Waals surface area contributed by atoms with E-state index < -0.39 is 81.6 Å². The summed E-state index contributed by atoms with van der Waals surface area (Å²) in [5.74, 6) is -2.26. The van der Waals surface area contributed by atoms with Gasteiger partial charge in [-0.1, -0.05) is 53.0 Å². The summed E-state index contributed by atoms with van der Waals surface area (Å²) in [5, 5.41) is 2.40. The van der Waals surface area contributed by atoms with Crippen LogP contribution in [0.15, 0.2) is 35.2 Å². The number of ether oxygens (including phenoxy) is 5. The van der Waals surface area contributed by atoms with E-state index in [2.05, 4.69) is 5.32 Å². The Morgan fingerprint density at radius 1 is 0.944 bits per heavy atom. The number of hydrogen-bond donors (Lipinski definition) is 1. The average molecular weight is 589 g/mol. The summed E-state index contributed by atoms with van der Waals surface area (Å²) < 4.78 is 38.2. The summed E-state index contributed by atoms with van der Waals surface area (Å²) in [5.41, 5.74) is -1.38. The SMILES string of the molecule is CC(=O)OC[C@H]1O[C@@H](S(=O)c2ccccc2)[C@H](NC(=O)OCC(Cl)(Cl)Cl)[C@@H](OC(C)=O)[C@@H]1OC(C)=O. The van der Waals surface area contributed by atoms with Crippen molar-refractivity contribution in [3.05, 3.63) is 30.3 Å². The molecule has 1 aliphatic heterocycles. The average Bonchev–Trinajstić information content (AvgIpc) is 2.78. The van der Waals surface area contributed by atoms with Gasteiger partial charge in [0.25, 0.3) is 0 Å². The Bertz CT molecular complexity index is 974. The molecule has 6 atom stereocenters. The van der Waals surface area contributed by atoms with Gasteiger partial charge in [-0.15, -0.1) is 0 Å². The standard InChI is InChI=1S/C21H24Cl3NO10S/c1-11(26)31-9-15-17(33-12(2)27)18(34-13(3)28)16(25-20(29)32-10-21(22,23)24)19(35-15)36(30)14-7-5-4-6-8-14/h4-8,15-19H,9-10H2,1-3H3,(H,25,29)/t15-,16-,17-,18-,19+,36?/m1/s1. The maximum atomic E-state index is 13.5. The van der Waals surface area contributed by atoms with Gasteiger partial charge >= 0.3 is 24.0 Å². The van der Waals surface area contributed by atoms with E-state index in [-0.39, 0.29) is 0 Å². The molecule has 1 fully saturated rings. The highest BCUT2D eigenvalue weighted by Gasteiger charge is 2.53. The Morgan fingerprint density at radius 2 is 1.53 bits per heavy atom. The van der Waals surface area contributed by atoms with Crippen molar-refractivity contribution >= 4 is 69.6 Å². The molecule has 1 aliphatic rings. The molecule has 1 amide bonds. The van der Waals surface area contributed by atoms with Gasteiger partial charge in [-0.2, -0.15) is 0 Å². The minimum Gasteiger partial charge on any atom is -0.463 e. The Balaban J connectivity index is 2.51. The largest absolute Gasteiger partial charge is 0.463 e. The van der Waals surface area contributed by atoms with Crippen molar-refractivity contribution in [1.29, 1.82) is 0 Å². The van der Waals surface area contributed by atoms with E-state index in [1.54, 1.807) is 30.3 Å². The van der Waals surface area contributed by atoms with E-state index in [1.165, 1.54) is 0 Å². The summed E-state index contributed by atoms with van der Waals surface area (Å²) in [7, 11) is -1.98. The first-order valence-corrected chi connectivity index (χ1v) is 12.7. The van der Waals surface area contributed by atoms with Crippen LogP contribution in [0.1, 0.15) is 20.8 Å². The van der Waals surface area contributed by atoms with Gasteiger partial charge < -0.3 is 29.0 Å². The lowest BCUT2D eigenvalue weighted by Crippen LogP contribution is -2.67. The Kier molecular flexibility index (Phi) is 11.2. The van der Waals surface area contributed by atoms with Gasteiger partial charge in [-0.05, 0) is 12.1 Å². The Labute approximate surface area is 224 Å². The second kappa shape index (κ2) is 13.4. The summed E-state index contributed by atoms with van der Waals surface area (Å²) in [6.07, 6.45) is -5.14. The number of esters is 3. The molecule has 36 heavy (non-hydrogen) atoms. The molecule has 1 heterocycles. The molecule has 0 aromatic heterocycles. The second-order valence-corrected chi connectivity index (χ2v) is 11.5. The number of benzene rings is 1. The highest BCUT2D eigenvalue weighted by Crippen LogP contribution is 2.31. The first kappa shape index (κ1) is 30.1. The molecule has 0 saturated carbocycles. The lowest BCUT2D eigenvalue weighted by molar-refractivity contribution is -0.211. The van der Waals surface area contributed by atoms with Crippen LogP contribution >= 0.6 is 34.8 Å². The van der Waals surface area contributed by atoms with Crippen molar-refractivity contribution in [1.82, 2.24) is 5.32 Å². The van der Waals surface area contributed by atoms with Gasteiger partial charge in [0.1, 0.15) is 25.4 Å². The quantitative estimate of drug-likeness (QED) is 0.273. The van der Waals surface area contributed by atoms with Crippen molar-refractivity contribution in [2.45, 2.75) is 59.2 Å². The third-order valence-corrected chi connectivity index (χ3v) is 6.43. The highest BCUT2D eigenvalue weighted by molar-refractivity contribution is 7.85. The molecular formula is C21H24Cl3NO10S. The fraction of sp³-hybridized carbons (Fsp3) is 0.524. The van der Waals surface area contributed by atoms with Gasteiger partial charge in [-0.25, -0.2) is 4.79 Å². The van der Waals surface area contributed by atoms with E-state index in [4.69, 9.17) is 58.5 Å². The van der Waals surface area contributed by atoms with Crippen LogP contribution in [0.2, 0.25) is 0 Å². The number of rotatable bonds is 8. The number of alkyl carbamates (subject to hydrolysis) is 1. The fourth-order valence-corrected chi connectivity index (χ4v) is 4.84. The monoisotopic (exact) mass is 587 g/mol. The number of amides is 1. The summed E-state index contributed by atoms with van der Waals surface area (Å²) in [6.45, 7) is 2.27.